The first kappa shape index (κ1) is 10.4. The third-order valence-electron chi connectivity index (χ3n) is 1.78. The molecule has 0 aliphatic carbocycles. The molecule has 0 saturated carbocycles. The number of hydrogen-bond acceptors (Lipinski definition) is 3. The number of hydrogen-bond donors (Lipinski definition) is 0. The molecule has 2 nitrogen and oxygen atoms in total. The average molecular weight is 248 g/mol. The Hall–Kier alpha value is -1.07. The van der Waals surface area contributed by atoms with Gasteiger partial charge in [-0.1, -0.05) is 11.6 Å². The van der Waals surface area contributed by atoms with Crippen molar-refractivity contribution >= 4 is 38.9 Å². The second kappa shape index (κ2) is 3.83. The van der Waals surface area contributed by atoms with Crippen molar-refractivity contribution in [2.24, 2.45) is 0 Å². The minimum absolute atomic E-state index is 0.00904. The monoisotopic (exact) mass is 247 g/mol. The number of carbonyl (C=O) groups is 1. The van der Waals surface area contributed by atoms with Gasteiger partial charge < -0.3 is 0 Å². The number of pyridine rings is 1. The van der Waals surface area contributed by atoms with Crippen LogP contribution in [-0.2, 0) is 0 Å². The van der Waals surface area contributed by atoms with E-state index in [4.69, 9.17) is 11.6 Å². The molecule has 0 aromatic carbocycles. The highest BCUT2D eigenvalue weighted by Crippen LogP contribution is 2.27. The van der Waals surface area contributed by atoms with Crippen molar-refractivity contribution in [1.29, 1.82) is 0 Å². The van der Waals surface area contributed by atoms with Gasteiger partial charge in [0, 0.05) is 0 Å². The van der Waals surface area contributed by atoms with Crippen LogP contribution in [0.3, 0.4) is 0 Å². The SMILES string of the molecule is O=C(c1cc2nc(Cl)ccc2s1)C(F)F. The van der Waals surface area contributed by atoms with E-state index in [0.717, 1.165) is 11.3 Å². The maximum absolute atomic E-state index is 12.1. The van der Waals surface area contributed by atoms with E-state index in [2.05, 4.69) is 4.98 Å². The number of Topliss-reactive ketones (excluding diaryl/α,β-unsaturated/α-hetero) is 1. The first-order valence-electron chi connectivity index (χ1n) is 3.96. The lowest BCUT2D eigenvalue weighted by Crippen LogP contribution is -2.07. The zero-order chi connectivity index (χ0) is 11.0. The topological polar surface area (TPSA) is 30.0 Å². The van der Waals surface area contributed by atoms with Crippen LogP contribution in [0.4, 0.5) is 8.78 Å². The summed E-state index contributed by atoms with van der Waals surface area (Å²) in [5.74, 6) is -1.17. The van der Waals surface area contributed by atoms with Gasteiger partial charge in [-0.2, -0.15) is 0 Å². The Labute approximate surface area is 92.5 Å². The minimum Gasteiger partial charge on any atom is -0.287 e. The predicted molar refractivity (Wildman–Crippen MR) is 55.0 cm³/mol. The van der Waals surface area contributed by atoms with Crippen LogP contribution in [0.5, 0.6) is 0 Å². The lowest BCUT2D eigenvalue weighted by Gasteiger charge is -1.91. The lowest BCUT2D eigenvalue weighted by molar-refractivity contribution is 0.0683. The number of nitrogens with zero attached hydrogens (tertiary/aromatic N) is 1. The molecule has 0 aliphatic heterocycles. The number of rotatable bonds is 2. The summed E-state index contributed by atoms with van der Waals surface area (Å²) in [7, 11) is 0. The molecule has 0 radical (unpaired) electrons. The van der Waals surface area contributed by atoms with Crippen molar-refractivity contribution in [3.8, 4) is 0 Å². The number of halogens is 3. The fourth-order valence-corrected chi connectivity index (χ4v) is 2.22. The van der Waals surface area contributed by atoms with Crippen LogP contribution in [-0.4, -0.2) is 17.2 Å². The standard InChI is InChI=1S/C9H4ClF2NOS/c10-7-2-1-5-4(13-7)3-6(15-5)8(14)9(11)12/h1-3,9H. The highest BCUT2D eigenvalue weighted by molar-refractivity contribution is 7.20. The Bertz CT molecular complexity index is 526. The third-order valence-corrected chi connectivity index (χ3v) is 3.10. The molecular weight excluding hydrogens is 244 g/mol. The zero-order valence-electron chi connectivity index (χ0n) is 7.21. The molecular formula is C9H4ClF2NOS. The molecule has 0 N–H and O–H groups in total. The van der Waals surface area contributed by atoms with Crippen molar-refractivity contribution in [3.63, 3.8) is 0 Å². The van der Waals surface area contributed by atoms with Crippen LogP contribution < -0.4 is 0 Å². The molecule has 2 aromatic heterocycles. The van der Waals surface area contributed by atoms with Crippen LogP contribution in [0.25, 0.3) is 10.2 Å². The summed E-state index contributed by atoms with van der Waals surface area (Å²) < 4.78 is 24.9. The number of ketones is 1. The van der Waals surface area contributed by atoms with Gasteiger partial charge in [0.1, 0.15) is 5.15 Å². The molecule has 0 aliphatic rings. The summed E-state index contributed by atoms with van der Waals surface area (Å²) in [5.41, 5.74) is 0.469. The molecule has 0 unspecified atom stereocenters. The number of fused-ring (bicyclic) bond motifs is 1. The van der Waals surface area contributed by atoms with Gasteiger partial charge in [0.2, 0.25) is 5.78 Å². The maximum Gasteiger partial charge on any atom is 0.301 e. The minimum atomic E-state index is -2.98. The Kier molecular flexibility index (Phi) is 2.67. The normalized spacial score (nSPS) is 11.2. The lowest BCUT2D eigenvalue weighted by atomic mass is 10.3. The van der Waals surface area contributed by atoms with Gasteiger partial charge in [0.15, 0.2) is 0 Å². The molecule has 0 fully saturated rings. The van der Waals surface area contributed by atoms with Gasteiger partial charge in [0.05, 0.1) is 15.1 Å². The molecule has 6 heteroatoms. The molecule has 2 heterocycles. The molecule has 15 heavy (non-hydrogen) atoms. The first-order chi connectivity index (χ1) is 7.08. The van der Waals surface area contributed by atoms with Crippen LogP contribution in [0.2, 0.25) is 5.15 Å². The van der Waals surface area contributed by atoms with Gasteiger partial charge in [-0.25, -0.2) is 13.8 Å². The smallest absolute Gasteiger partial charge is 0.287 e. The van der Waals surface area contributed by atoms with Crippen molar-refractivity contribution < 1.29 is 13.6 Å². The molecule has 2 aromatic rings. The summed E-state index contributed by atoms with van der Waals surface area (Å²) in [6.45, 7) is 0. The van der Waals surface area contributed by atoms with Gasteiger partial charge in [0.25, 0.3) is 0 Å². The second-order valence-electron chi connectivity index (χ2n) is 2.79. The Morgan fingerprint density at radius 3 is 2.87 bits per heavy atom. The molecule has 0 saturated heterocycles. The van der Waals surface area contributed by atoms with Gasteiger partial charge >= 0.3 is 6.43 Å². The Balaban J connectivity index is 2.52. The van der Waals surface area contributed by atoms with E-state index in [0.29, 0.717) is 10.2 Å². The van der Waals surface area contributed by atoms with Gasteiger partial charge in [-0.15, -0.1) is 11.3 Å². The number of carbonyl (C=O) groups excluding carboxylic acids is 1. The highest BCUT2D eigenvalue weighted by atomic mass is 35.5. The van der Waals surface area contributed by atoms with Gasteiger partial charge in [-0.3, -0.25) is 4.79 Å². The summed E-state index contributed by atoms with van der Waals surface area (Å²) >= 11 is 6.62. The summed E-state index contributed by atoms with van der Waals surface area (Å²) in [6, 6.07) is 4.54. The van der Waals surface area contributed by atoms with Crippen LogP contribution in [0.1, 0.15) is 9.67 Å². The summed E-state index contributed by atoms with van der Waals surface area (Å²) in [5, 5.41) is 0.274. The fraction of sp³-hybridized carbons (Fsp3) is 0.111. The van der Waals surface area contributed by atoms with E-state index in [1.165, 1.54) is 6.07 Å². The van der Waals surface area contributed by atoms with E-state index >= 15 is 0 Å². The highest BCUT2D eigenvalue weighted by Gasteiger charge is 2.20. The van der Waals surface area contributed by atoms with E-state index < -0.39 is 12.2 Å². The Morgan fingerprint density at radius 2 is 2.20 bits per heavy atom. The zero-order valence-corrected chi connectivity index (χ0v) is 8.78. The molecule has 0 atom stereocenters. The summed E-state index contributed by atoms with van der Waals surface area (Å²) in [6.07, 6.45) is -2.98. The van der Waals surface area contributed by atoms with Crippen LogP contribution in [0.15, 0.2) is 18.2 Å². The predicted octanol–water partition coefficient (Wildman–Crippen LogP) is 3.40. The van der Waals surface area contributed by atoms with Crippen LogP contribution >= 0.6 is 22.9 Å². The van der Waals surface area contributed by atoms with E-state index in [-0.39, 0.29) is 10.0 Å². The molecule has 78 valence electrons. The fourth-order valence-electron chi connectivity index (χ4n) is 1.13. The number of thiophene rings is 1. The summed E-state index contributed by atoms with van der Waals surface area (Å²) in [4.78, 5) is 14.9. The quantitative estimate of drug-likeness (QED) is 0.601. The molecule has 0 spiro atoms. The Morgan fingerprint density at radius 1 is 1.47 bits per heavy atom. The van der Waals surface area contributed by atoms with Crippen molar-refractivity contribution in [2.75, 3.05) is 0 Å². The largest absolute Gasteiger partial charge is 0.301 e. The van der Waals surface area contributed by atoms with E-state index in [1.54, 1.807) is 12.1 Å². The first-order valence-corrected chi connectivity index (χ1v) is 5.16. The van der Waals surface area contributed by atoms with E-state index in [1.807, 2.05) is 0 Å². The molecule has 0 amide bonds. The van der Waals surface area contributed by atoms with Crippen molar-refractivity contribution in [3.05, 3.63) is 28.2 Å². The van der Waals surface area contributed by atoms with Crippen molar-refractivity contribution in [2.45, 2.75) is 6.43 Å². The third kappa shape index (κ3) is 1.98. The molecule has 0 bridgehead atoms. The van der Waals surface area contributed by atoms with Crippen LogP contribution in [0, 0.1) is 0 Å². The van der Waals surface area contributed by atoms with Crippen molar-refractivity contribution in [1.82, 2.24) is 4.98 Å². The number of aromatic nitrogens is 1. The molecule has 2 rings (SSSR count). The van der Waals surface area contributed by atoms with Gasteiger partial charge in [-0.05, 0) is 18.2 Å². The van der Waals surface area contributed by atoms with E-state index in [9.17, 15) is 13.6 Å². The average Bonchev–Trinajstić information content (AvgIpc) is 2.58. The number of alkyl halides is 2. The maximum atomic E-state index is 12.1. The second-order valence-corrected chi connectivity index (χ2v) is 4.26.